The van der Waals surface area contributed by atoms with Crippen LogP contribution in [0.5, 0.6) is 0 Å². The van der Waals surface area contributed by atoms with Gasteiger partial charge in [0.2, 0.25) is 0 Å². The number of halogens is 1. The minimum Gasteiger partial charge on any atom is -0.320 e. The van der Waals surface area contributed by atoms with Gasteiger partial charge in [-0.15, -0.1) is 0 Å². The van der Waals surface area contributed by atoms with Crippen molar-refractivity contribution < 1.29 is 4.79 Å². The van der Waals surface area contributed by atoms with Gasteiger partial charge in [-0.2, -0.15) is 5.26 Å². The predicted octanol–water partition coefficient (Wildman–Crippen LogP) is 4.30. The van der Waals surface area contributed by atoms with Gasteiger partial charge in [0.05, 0.1) is 5.69 Å². The summed E-state index contributed by atoms with van der Waals surface area (Å²) in [5.41, 5.74) is 2.60. The van der Waals surface area contributed by atoms with Crippen LogP contribution >= 0.6 is 15.9 Å². The molecule has 0 aliphatic heterocycles. The van der Waals surface area contributed by atoms with E-state index in [9.17, 15) is 4.79 Å². The van der Waals surface area contributed by atoms with Gasteiger partial charge in [0.1, 0.15) is 11.6 Å². The molecule has 0 spiro atoms. The lowest BCUT2D eigenvalue weighted by Crippen LogP contribution is -2.13. The second-order valence-electron chi connectivity index (χ2n) is 4.52. The number of nitriles is 1. The number of amides is 1. The van der Waals surface area contributed by atoms with Crippen molar-refractivity contribution in [3.8, 4) is 6.07 Å². The van der Waals surface area contributed by atoms with Gasteiger partial charge in [-0.3, -0.25) is 4.79 Å². The molecule has 104 valence electrons. The normalized spacial score (nSPS) is 10.8. The van der Waals surface area contributed by atoms with E-state index in [1.807, 2.05) is 55.5 Å². The van der Waals surface area contributed by atoms with Crippen LogP contribution in [0, 0.1) is 18.3 Å². The van der Waals surface area contributed by atoms with E-state index in [-0.39, 0.29) is 5.57 Å². The zero-order chi connectivity index (χ0) is 15.2. The van der Waals surface area contributed by atoms with Crippen LogP contribution in [0.3, 0.4) is 0 Å². The molecule has 4 heteroatoms. The second kappa shape index (κ2) is 6.87. The Balaban J connectivity index is 2.22. The third kappa shape index (κ3) is 4.04. The Bertz CT molecular complexity index is 730. The molecule has 2 aromatic rings. The first-order chi connectivity index (χ1) is 10.1. The number of carbonyl (C=O) groups excluding carboxylic acids is 1. The van der Waals surface area contributed by atoms with E-state index < -0.39 is 5.91 Å². The Labute approximate surface area is 132 Å². The molecule has 2 aromatic carbocycles. The van der Waals surface area contributed by atoms with Gasteiger partial charge in [0.15, 0.2) is 0 Å². The smallest absolute Gasteiger partial charge is 0.266 e. The first kappa shape index (κ1) is 15.0. The van der Waals surface area contributed by atoms with Gasteiger partial charge in [-0.25, -0.2) is 0 Å². The number of anilines is 1. The second-order valence-corrected chi connectivity index (χ2v) is 5.37. The van der Waals surface area contributed by atoms with Crippen molar-refractivity contribution in [3.05, 3.63) is 69.7 Å². The molecule has 1 amide bonds. The molecule has 0 bridgehead atoms. The van der Waals surface area contributed by atoms with Crippen LogP contribution in [0.4, 0.5) is 5.69 Å². The van der Waals surface area contributed by atoms with Gasteiger partial charge < -0.3 is 5.32 Å². The number of rotatable bonds is 3. The number of benzene rings is 2. The van der Waals surface area contributed by atoms with Gasteiger partial charge in [0.25, 0.3) is 5.91 Å². The molecule has 1 N–H and O–H groups in total. The highest BCUT2D eigenvalue weighted by Gasteiger charge is 2.11. The van der Waals surface area contributed by atoms with Gasteiger partial charge in [-0.1, -0.05) is 36.4 Å². The molecule has 0 radical (unpaired) electrons. The Morgan fingerprint density at radius 3 is 2.57 bits per heavy atom. The zero-order valence-corrected chi connectivity index (χ0v) is 13.0. The topological polar surface area (TPSA) is 52.9 Å². The van der Waals surface area contributed by atoms with Crippen LogP contribution in [0.1, 0.15) is 11.1 Å². The molecular weight excluding hydrogens is 328 g/mol. The summed E-state index contributed by atoms with van der Waals surface area (Å²) >= 11 is 3.40. The van der Waals surface area contributed by atoms with E-state index >= 15 is 0 Å². The van der Waals surface area contributed by atoms with Crippen molar-refractivity contribution in [1.82, 2.24) is 0 Å². The summed E-state index contributed by atoms with van der Waals surface area (Å²) in [4.78, 5) is 12.2. The maximum Gasteiger partial charge on any atom is 0.266 e. The lowest BCUT2D eigenvalue weighted by Gasteiger charge is -2.07. The number of hydrogen-bond donors (Lipinski definition) is 1. The lowest BCUT2D eigenvalue weighted by atomic mass is 10.1. The molecule has 2 rings (SSSR count). The molecule has 0 aromatic heterocycles. The minimum atomic E-state index is -0.425. The molecule has 21 heavy (non-hydrogen) atoms. The summed E-state index contributed by atoms with van der Waals surface area (Å²) in [7, 11) is 0. The number of hydrogen-bond acceptors (Lipinski definition) is 2. The van der Waals surface area contributed by atoms with E-state index in [1.54, 1.807) is 12.1 Å². The molecule has 3 nitrogen and oxygen atoms in total. The summed E-state index contributed by atoms with van der Waals surface area (Å²) in [6.45, 7) is 1.96. The predicted molar refractivity (Wildman–Crippen MR) is 87.5 cm³/mol. The number of nitrogens with zero attached hydrogens (tertiary/aromatic N) is 1. The fourth-order valence-corrected chi connectivity index (χ4v) is 2.37. The largest absolute Gasteiger partial charge is 0.320 e. The van der Waals surface area contributed by atoms with Crippen molar-refractivity contribution >= 4 is 33.6 Å². The fourth-order valence-electron chi connectivity index (χ4n) is 1.78. The molecule has 0 aliphatic carbocycles. The van der Waals surface area contributed by atoms with E-state index in [2.05, 4.69) is 21.2 Å². The highest BCUT2D eigenvalue weighted by Crippen LogP contribution is 2.24. The van der Waals surface area contributed by atoms with Crippen LogP contribution < -0.4 is 5.32 Å². The summed E-state index contributed by atoms with van der Waals surface area (Å²) in [5, 5.41) is 11.9. The molecule has 0 saturated heterocycles. The van der Waals surface area contributed by atoms with E-state index in [0.29, 0.717) is 5.69 Å². The maximum absolute atomic E-state index is 12.2. The first-order valence-electron chi connectivity index (χ1n) is 6.34. The Hall–Kier alpha value is -2.38. The van der Waals surface area contributed by atoms with E-state index in [0.717, 1.165) is 15.6 Å². The van der Waals surface area contributed by atoms with Crippen molar-refractivity contribution in [1.29, 1.82) is 5.26 Å². The molecular formula is C17H13BrN2O. The Morgan fingerprint density at radius 2 is 1.95 bits per heavy atom. The average molecular weight is 341 g/mol. The summed E-state index contributed by atoms with van der Waals surface area (Å²) in [6.07, 6.45) is 1.57. The fraction of sp³-hybridized carbons (Fsp3) is 0.0588. The first-order valence-corrected chi connectivity index (χ1v) is 7.14. The van der Waals surface area contributed by atoms with Gasteiger partial charge in [-0.05, 0) is 52.2 Å². The van der Waals surface area contributed by atoms with Crippen molar-refractivity contribution in [2.24, 2.45) is 0 Å². The van der Waals surface area contributed by atoms with Crippen LogP contribution in [-0.2, 0) is 4.79 Å². The van der Waals surface area contributed by atoms with E-state index in [1.165, 1.54) is 0 Å². The summed E-state index contributed by atoms with van der Waals surface area (Å²) in [5.74, 6) is -0.425. The highest BCUT2D eigenvalue weighted by atomic mass is 79.9. The maximum atomic E-state index is 12.2. The molecule has 0 aliphatic rings. The van der Waals surface area contributed by atoms with Crippen molar-refractivity contribution in [2.45, 2.75) is 6.92 Å². The average Bonchev–Trinajstić information content (AvgIpc) is 2.48. The number of nitrogens with one attached hydrogen (secondary N) is 1. The van der Waals surface area contributed by atoms with Crippen LogP contribution in [0.2, 0.25) is 0 Å². The molecule has 0 heterocycles. The standard InChI is InChI=1S/C17H13BrN2O/c1-12-7-8-16(15(18)9-12)20-17(21)14(11-19)10-13-5-3-2-4-6-13/h2-10H,1H3,(H,20,21)/b14-10+. The number of carbonyl (C=O) groups is 1. The highest BCUT2D eigenvalue weighted by molar-refractivity contribution is 9.10. The molecule has 0 unspecified atom stereocenters. The molecule has 0 fully saturated rings. The third-order valence-electron chi connectivity index (χ3n) is 2.85. The van der Waals surface area contributed by atoms with Gasteiger partial charge in [0, 0.05) is 4.47 Å². The van der Waals surface area contributed by atoms with Crippen molar-refractivity contribution in [3.63, 3.8) is 0 Å². The zero-order valence-electron chi connectivity index (χ0n) is 11.4. The summed E-state index contributed by atoms with van der Waals surface area (Å²) in [6, 6.07) is 16.8. The van der Waals surface area contributed by atoms with Crippen LogP contribution in [-0.4, -0.2) is 5.91 Å². The lowest BCUT2D eigenvalue weighted by molar-refractivity contribution is -0.112. The molecule has 0 saturated carbocycles. The number of aryl methyl sites for hydroxylation is 1. The minimum absolute atomic E-state index is 0.0636. The Morgan fingerprint density at radius 1 is 1.24 bits per heavy atom. The van der Waals surface area contributed by atoms with Crippen LogP contribution in [0.15, 0.2) is 58.6 Å². The Kier molecular flexibility index (Phi) is 4.91. The van der Waals surface area contributed by atoms with Crippen molar-refractivity contribution in [2.75, 3.05) is 5.32 Å². The molecule has 0 atom stereocenters. The third-order valence-corrected chi connectivity index (χ3v) is 3.50. The van der Waals surface area contributed by atoms with E-state index in [4.69, 9.17) is 5.26 Å². The quantitative estimate of drug-likeness (QED) is 0.668. The monoisotopic (exact) mass is 340 g/mol. The SMILES string of the molecule is Cc1ccc(NC(=O)/C(C#N)=C/c2ccccc2)c(Br)c1. The summed E-state index contributed by atoms with van der Waals surface area (Å²) < 4.78 is 0.785. The van der Waals surface area contributed by atoms with Crippen LogP contribution in [0.25, 0.3) is 6.08 Å². The van der Waals surface area contributed by atoms with Gasteiger partial charge >= 0.3 is 0 Å².